The first-order valence-electron chi connectivity index (χ1n) is 9.32. The number of hydrogen-bond donors (Lipinski definition) is 1. The molecule has 4 heterocycles. The molecule has 1 amide bonds. The van der Waals surface area contributed by atoms with Crippen molar-refractivity contribution in [2.75, 3.05) is 25.0 Å². The summed E-state index contributed by atoms with van der Waals surface area (Å²) in [7, 11) is 1.81. The van der Waals surface area contributed by atoms with Crippen LogP contribution in [0.5, 0.6) is 0 Å². The van der Waals surface area contributed by atoms with Gasteiger partial charge in [0.15, 0.2) is 11.3 Å². The molecule has 4 rings (SSSR count). The molecule has 0 aromatic carbocycles. The highest BCUT2D eigenvalue weighted by atomic mass is 16.2. The van der Waals surface area contributed by atoms with Crippen molar-refractivity contribution in [1.82, 2.24) is 34.4 Å². The summed E-state index contributed by atoms with van der Waals surface area (Å²) in [6.45, 7) is 5.93. The van der Waals surface area contributed by atoms with Crippen LogP contribution < -0.4 is 5.32 Å². The molecule has 3 aromatic heterocycles. The van der Waals surface area contributed by atoms with Gasteiger partial charge in [0.25, 0.3) is 5.91 Å². The number of carbonyl (C=O) groups is 1. The Morgan fingerprint density at radius 1 is 1.19 bits per heavy atom. The first-order chi connectivity index (χ1) is 13.1. The van der Waals surface area contributed by atoms with Crippen molar-refractivity contribution < 1.29 is 4.79 Å². The van der Waals surface area contributed by atoms with E-state index in [4.69, 9.17) is 0 Å². The monoisotopic (exact) mass is 368 g/mol. The van der Waals surface area contributed by atoms with Gasteiger partial charge in [0.05, 0.1) is 18.1 Å². The molecule has 1 fully saturated rings. The van der Waals surface area contributed by atoms with E-state index in [9.17, 15) is 4.79 Å². The molecule has 1 aliphatic heterocycles. The first-order valence-corrected chi connectivity index (χ1v) is 9.32. The van der Waals surface area contributed by atoms with E-state index >= 15 is 0 Å². The Kier molecular flexibility index (Phi) is 4.85. The minimum atomic E-state index is -0.292. The van der Waals surface area contributed by atoms with Gasteiger partial charge in [0, 0.05) is 19.3 Å². The normalized spacial score (nSPS) is 15.3. The molecule has 0 saturated carbocycles. The Bertz CT molecular complexity index is 934. The van der Waals surface area contributed by atoms with Crippen LogP contribution in [-0.4, -0.2) is 60.0 Å². The Morgan fingerprint density at radius 2 is 2.00 bits per heavy atom. The average molecular weight is 368 g/mol. The lowest BCUT2D eigenvalue weighted by molar-refractivity contribution is 0.102. The van der Waals surface area contributed by atoms with Crippen LogP contribution in [-0.2, 0) is 13.6 Å². The summed E-state index contributed by atoms with van der Waals surface area (Å²) >= 11 is 0. The van der Waals surface area contributed by atoms with Gasteiger partial charge >= 0.3 is 0 Å². The zero-order valence-electron chi connectivity index (χ0n) is 15.7. The minimum absolute atomic E-state index is 0.292. The zero-order chi connectivity index (χ0) is 18.8. The van der Waals surface area contributed by atoms with Gasteiger partial charge in [-0.2, -0.15) is 10.2 Å². The zero-order valence-corrected chi connectivity index (χ0v) is 15.7. The van der Waals surface area contributed by atoms with Gasteiger partial charge < -0.3 is 10.2 Å². The van der Waals surface area contributed by atoms with E-state index in [2.05, 4.69) is 30.4 Å². The van der Waals surface area contributed by atoms with Gasteiger partial charge in [0.2, 0.25) is 0 Å². The van der Waals surface area contributed by atoms with Crippen molar-refractivity contribution in [3.8, 4) is 0 Å². The van der Waals surface area contributed by atoms with Gasteiger partial charge in [-0.25, -0.2) is 14.6 Å². The van der Waals surface area contributed by atoms with E-state index in [0.29, 0.717) is 11.5 Å². The van der Waals surface area contributed by atoms with E-state index in [-0.39, 0.29) is 5.91 Å². The summed E-state index contributed by atoms with van der Waals surface area (Å²) in [6.07, 6.45) is 7.04. The van der Waals surface area contributed by atoms with Crippen molar-refractivity contribution in [3.05, 3.63) is 30.0 Å². The third-order valence-electron chi connectivity index (χ3n) is 5.09. The fraction of sp³-hybridized carbons (Fsp3) is 0.500. The highest BCUT2D eigenvalue weighted by Crippen LogP contribution is 2.19. The van der Waals surface area contributed by atoms with E-state index in [1.165, 1.54) is 25.6 Å². The molecule has 0 spiro atoms. The largest absolute Gasteiger partial charge is 0.304 e. The summed E-state index contributed by atoms with van der Waals surface area (Å²) in [4.78, 5) is 23.5. The maximum atomic E-state index is 12.5. The lowest BCUT2D eigenvalue weighted by atomic mass is 10.1. The molecule has 1 N–H and O–H groups in total. The van der Waals surface area contributed by atoms with Crippen LogP contribution in [0.15, 0.2) is 18.6 Å². The Labute approximate surface area is 157 Å². The van der Waals surface area contributed by atoms with Crippen LogP contribution in [0.3, 0.4) is 0 Å². The van der Waals surface area contributed by atoms with Gasteiger partial charge in [-0.05, 0) is 38.9 Å². The smallest absolute Gasteiger partial charge is 0.277 e. The number of fused-ring (bicyclic) bond motifs is 1. The van der Waals surface area contributed by atoms with E-state index < -0.39 is 0 Å². The van der Waals surface area contributed by atoms with Crippen LogP contribution in [0.1, 0.15) is 35.4 Å². The predicted octanol–water partition coefficient (Wildman–Crippen LogP) is 1.61. The second kappa shape index (κ2) is 7.43. The molecule has 1 aliphatic rings. The standard InChI is InChI=1S/C18H24N8O/c1-13-10-15(23-24(13)2)18(27)22-16-14-11-21-26(17(14)20-12-19-16)9-8-25-6-4-3-5-7-25/h10-12H,3-9H2,1-2H3,(H,19,20,22,27). The second-order valence-corrected chi connectivity index (χ2v) is 6.98. The summed E-state index contributed by atoms with van der Waals surface area (Å²) < 4.78 is 3.55. The molecule has 0 aliphatic carbocycles. The van der Waals surface area contributed by atoms with Gasteiger partial charge in [-0.3, -0.25) is 9.48 Å². The lowest BCUT2D eigenvalue weighted by Gasteiger charge is -2.26. The quantitative estimate of drug-likeness (QED) is 0.735. The topological polar surface area (TPSA) is 93.8 Å². The lowest BCUT2D eigenvalue weighted by Crippen LogP contribution is -2.32. The van der Waals surface area contributed by atoms with E-state index in [1.54, 1.807) is 24.0 Å². The van der Waals surface area contributed by atoms with Crippen LogP contribution in [0.25, 0.3) is 11.0 Å². The van der Waals surface area contributed by atoms with Crippen molar-refractivity contribution in [2.45, 2.75) is 32.7 Å². The maximum Gasteiger partial charge on any atom is 0.277 e. The first kappa shape index (κ1) is 17.6. The molecule has 0 unspecified atom stereocenters. The number of likely N-dealkylation sites (tertiary alicyclic amines) is 1. The number of rotatable bonds is 5. The molecule has 9 nitrogen and oxygen atoms in total. The third kappa shape index (κ3) is 3.68. The molecular weight excluding hydrogens is 344 g/mol. The van der Waals surface area contributed by atoms with Crippen molar-refractivity contribution in [2.24, 2.45) is 7.05 Å². The summed E-state index contributed by atoms with van der Waals surface area (Å²) in [5, 5.41) is 12.2. The van der Waals surface area contributed by atoms with Crippen molar-refractivity contribution in [3.63, 3.8) is 0 Å². The third-order valence-corrected chi connectivity index (χ3v) is 5.09. The summed E-state index contributed by atoms with van der Waals surface area (Å²) in [6, 6.07) is 1.75. The van der Waals surface area contributed by atoms with Gasteiger partial charge in [-0.15, -0.1) is 0 Å². The maximum absolute atomic E-state index is 12.5. The average Bonchev–Trinajstić information content (AvgIpc) is 3.25. The number of nitrogens with zero attached hydrogens (tertiary/aromatic N) is 7. The SMILES string of the molecule is Cc1cc(C(=O)Nc2ncnc3c2cnn3CCN2CCCCC2)nn1C. The number of amides is 1. The highest BCUT2D eigenvalue weighted by Gasteiger charge is 2.16. The number of aryl methyl sites for hydroxylation is 2. The van der Waals surface area contributed by atoms with Crippen LogP contribution in [0.4, 0.5) is 5.82 Å². The number of hydrogen-bond acceptors (Lipinski definition) is 6. The highest BCUT2D eigenvalue weighted by molar-refractivity contribution is 6.06. The Hall–Kier alpha value is -2.81. The molecule has 0 bridgehead atoms. The number of piperidine rings is 1. The molecule has 3 aromatic rings. The van der Waals surface area contributed by atoms with Crippen LogP contribution in [0, 0.1) is 6.92 Å². The molecular formula is C18H24N8O. The number of carbonyl (C=O) groups excluding carboxylic acids is 1. The van der Waals surface area contributed by atoms with Gasteiger partial charge in [-0.1, -0.05) is 6.42 Å². The predicted molar refractivity (Wildman–Crippen MR) is 102 cm³/mol. The second-order valence-electron chi connectivity index (χ2n) is 6.98. The fourth-order valence-electron chi connectivity index (χ4n) is 3.42. The number of nitrogens with one attached hydrogen (secondary N) is 1. The summed E-state index contributed by atoms with van der Waals surface area (Å²) in [5.41, 5.74) is 2.01. The summed E-state index contributed by atoms with van der Waals surface area (Å²) in [5.74, 6) is 0.164. The number of aromatic nitrogens is 6. The van der Waals surface area contributed by atoms with Crippen molar-refractivity contribution in [1.29, 1.82) is 0 Å². The molecule has 27 heavy (non-hydrogen) atoms. The molecule has 9 heteroatoms. The molecule has 1 saturated heterocycles. The number of anilines is 1. The van der Waals surface area contributed by atoms with E-state index in [0.717, 1.165) is 42.9 Å². The fourth-order valence-corrected chi connectivity index (χ4v) is 3.42. The van der Waals surface area contributed by atoms with E-state index in [1.807, 2.05) is 11.6 Å². The Morgan fingerprint density at radius 3 is 2.74 bits per heavy atom. The molecule has 0 atom stereocenters. The van der Waals surface area contributed by atoms with Crippen molar-refractivity contribution >= 4 is 22.8 Å². The molecule has 0 radical (unpaired) electrons. The Balaban J connectivity index is 1.50. The molecule has 142 valence electrons. The van der Waals surface area contributed by atoms with Crippen LogP contribution in [0.2, 0.25) is 0 Å². The van der Waals surface area contributed by atoms with Gasteiger partial charge in [0.1, 0.15) is 12.1 Å². The minimum Gasteiger partial charge on any atom is -0.304 e. The van der Waals surface area contributed by atoms with Crippen LogP contribution >= 0.6 is 0 Å².